The van der Waals surface area contributed by atoms with Crippen molar-refractivity contribution in [2.24, 2.45) is 0 Å². The number of rotatable bonds is 4. The summed E-state index contributed by atoms with van der Waals surface area (Å²) in [6.07, 6.45) is 0. The number of hydrogen-bond donors (Lipinski definition) is 2. The standard InChI is InChI=1S/C13H19ClN2O/c1-8(2)16-12(17)7-15-13-10(4)5-9(3)6-11(13)14/h5-6,8,15H,7H2,1-4H3,(H,16,17). The molecule has 1 rings (SSSR count). The Kier molecular flexibility index (Phi) is 4.82. The second kappa shape index (κ2) is 5.92. The Morgan fingerprint density at radius 3 is 2.53 bits per heavy atom. The van der Waals surface area contributed by atoms with Gasteiger partial charge in [0, 0.05) is 6.04 Å². The Hall–Kier alpha value is -1.22. The van der Waals surface area contributed by atoms with E-state index in [4.69, 9.17) is 11.6 Å². The van der Waals surface area contributed by atoms with Crippen molar-refractivity contribution in [3.8, 4) is 0 Å². The predicted octanol–water partition coefficient (Wildman–Crippen LogP) is 2.89. The van der Waals surface area contributed by atoms with E-state index in [0.29, 0.717) is 5.02 Å². The Balaban J connectivity index is 2.67. The zero-order valence-electron chi connectivity index (χ0n) is 10.7. The van der Waals surface area contributed by atoms with Crippen LogP contribution in [-0.4, -0.2) is 18.5 Å². The third kappa shape index (κ3) is 4.27. The van der Waals surface area contributed by atoms with Gasteiger partial charge in [-0.3, -0.25) is 4.79 Å². The number of aryl methyl sites for hydroxylation is 2. The van der Waals surface area contributed by atoms with Crippen molar-refractivity contribution in [2.75, 3.05) is 11.9 Å². The fourth-order valence-electron chi connectivity index (χ4n) is 1.68. The Labute approximate surface area is 108 Å². The van der Waals surface area contributed by atoms with Crippen molar-refractivity contribution >= 4 is 23.2 Å². The van der Waals surface area contributed by atoms with Gasteiger partial charge in [0.1, 0.15) is 0 Å². The van der Waals surface area contributed by atoms with Crippen molar-refractivity contribution in [3.63, 3.8) is 0 Å². The molecule has 4 heteroatoms. The van der Waals surface area contributed by atoms with Gasteiger partial charge in [-0.2, -0.15) is 0 Å². The summed E-state index contributed by atoms with van der Waals surface area (Å²) < 4.78 is 0. The normalized spacial score (nSPS) is 10.5. The molecule has 0 bridgehead atoms. The second-order valence-corrected chi connectivity index (χ2v) is 4.92. The number of hydrogen-bond acceptors (Lipinski definition) is 2. The summed E-state index contributed by atoms with van der Waals surface area (Å²) in [6.45, 7) is 8.07. The second-order valence-electron chi connectivity index (χ2n) is 4.51. The van der Waals surface area contributed by atoms with E-state index in [1.165, 1.54) is 0 Å². The summed E-state index contributed by atoms with van der Waals surface area (Å²) in [5.41, 5.74) is 2.99. The first kappa shape index (κ1) is 13.8. The minimum absolute atomic E-state index is 0.0314. The van der Waals surface area contributed by atoms with Crippen molar-refractivity contribution in [3.05, 3.63) is 28.3 Å². The monoisotopic (exact) mass is 254 g/mol. The highest BCUT2D eigenvalue weighted by Gasteiger charge is 2.07. The van der Waals surface area contributed by atoms with Gasteiger partial charge in [-0.05, 0) is 44.9 Å². The summed E-state index contributed by atoms with van der Waals surface area (Å²) >= 11 is 6.13. The number of benzene rings is 1. The highest BCUT2D eigenvalue weighted by atomic mass is 35.5. The molecule has 3 nitrogen and oxygen atoms in total. The van der Waals surface area contributed by atoms with Crippen molar-refractivity contribution in [1.29, 1.82) is 0 Å². The van der Waals surface area contributed by atoms with Gasteiger partial charge < -0.3 is 10.6 Å². The van der Waals surface area contributed by atoms with Gasteiger partial charge in [-0.15, -0.1) is 0 Å². The van der Waals surface area contributed by atoms with E-state index in [-0.39, 0.29) is 18.5 Å². The number of anilines is 1. The molecule has 0 heterocycles. The van der Waals surface area contributed by atoms with E-state index >= 15 is 0 Å². The summed E-state index contributed by atoms with van der Waals surface area (Å²) in [4.78, 5) is 11.5. The molecule has 0 unspecified atom stereocenters. The van der Waals surface area contributed by atoms with E-state index < -0.39 is 0 Å². The third-order valence-corrected chi connectivity index (χ3v) is 2.61. The van der Waals surface area contributed by atoms with Crippen LogP contribution in [0.1, 0.15) is 25.0 Å². The lowest BCUT2D eigenvalue weighted by Crippen LogP contribution is -2.34. The SMILES string of the molecule is Cc1cc(C)c(NCC(=O)NC(C)C)c(Cl)c1. The maximum atomic E-state index is 11.5. The lowest BCUT2D eigenvalue weighted by molar-refractivity contribution is -0.119. The van der Waals surface area contributed by atoms with Gasteiger partial charge >= 0.3 is 0 Å². The number of carbonyl (C=O) groups excluding carboxylic acids is 1. The van der Waals surface area contributed by atoms with Crippen LogP contribution < -0.4 is 10.6 Å². The van der Waals surface area contributed by atoms with E-state index in [1.54, 1.807) is 0 Å². The van der Waals surface area contributed by atoms with Gasteiger partial charge in [0.2, 0.25) is 5.91 Å². The van der Waals surface area contributed by atoms with Crippen LogP contribution in [0.5, 0.6) is 0 Å². The maximum absolute atomic E-state index is 11.5. The van der Waals surface area contributed by atoms with E-state index in [9.17, 15) is 4.79 Å². The number of halogens is 1. The molecule has 1 amide bonds. The first-order chi connectivity index (χ1) is 7.90. The lowest BCUT2D eigenvalue weighted by atomic mass is 10.1. The quantitative estimate of drug-likeness (QED) is 0.868. The van der Waals surface area contributed by atoms with E-state index in [0.717, 1.165) is 16.8 Å². The minimum Gasteiger partial charge on any atom is -0.375 e. The Morgan fingerprint density at radius 2 is 2.00 bits per heavy atom. The fraction of sp³-hybridized carbons (Fsp3) is 0.462. The first-order valence-corrected chi connectivity index (χ1v) is 6.08. The minimum atomic E-state index is -0.0314. The lowest BCUT2D eigenvalue weighted by Gasteiger charge is -2.13. The third-order valence-electron chi connectivity index (χ3n) is 2.31. The Morgan fingerprint density at radius 1 is 1.35 bits per heavy atom. The van der Waals surface area contributed by atoms with Gasteiger partial charge in [0.15, 0.2) is 0 Å². The molecule has 0 saturated heterocycles. The smallest absolute Gasteiger partial charge is 0.239 e. The highest BCUT2D eigenvalue weighted by molar-refractivity contribution is 6.33. The maximum Gasteiger partial charge on any atom is 0.239 e. The molecule has 0 aliphatic carbocycles. The molecular weight excluding hydrogens is 236 g/mol. The average Bonchev–Trinajstić information content (AvgIpc) is 2.14. The molecule has 2 N–H and O–H groups in total. The molecule has 0 atom stereocenters. The molecule has 94 valence electrons. The van der Waals surface area contributed by atoms with Crippen molar-refractivity contribution in [1.82, 2.24) is 5.32 Å². The molecule has 0 aliphatic rings. The molecular formula is C13H19ClN2O. The van der Waals surface area contributed by atoms with Crippen LogP contribution in [0.15, 0.2) is 12.1 Å². The first-order valence-electron chi connectivity index (χ1n) is 5.70. The van der Waals surface area contributed by atoms with Crippen LogP contribution in [0.3, 0.4) is 0 Å². The molecule has 0 aromatic heterocycles. The average molecular weight is 255 g/mol. The molecule has 0 radical (unpaired) electrons. The van der Waals surface area contributed by atoms with E-state index in [2.05, 4.69) is 10.6 Å². The molecule has 17 heavy (non-hydrogen) atoms. The Bertz CT molecular complexity index is 393. The van der Waals surface area contributed by atoms with Crippen LogP contribution in [0.2, 0.25) is 5.02 Å². The van der Waals surface area contributed by atoms with Gasteiger partial charge in [-0.1, -0.05) is 17.7 Å². The molecule has 0 aliphatic heterocycles. The molecule has 1 aromatic rings. The summed E-state index contributed by atoms with van der Waals surface area (Å²) in [5, 5.41) is 6.54. The van der Waals surface area contributed by atoms with Crippen LogP contribution in [0, 0.1) is 13.8 Å². The van der Waals surface area contributed by atoms with Gasteiger partial charge in [-0.25, -0.2) is 0 Å². The molecule has 0 fully saturated rings. The molecule has 0 spiro atoms. The zero-order valence-corrected chi connectivity index (χ0v) is 11.5. The van der Waals surface area contributed by atoms with E-state index in [1.807, 2.05) is 39.8 Å². The number of carbonyl (C=O) groups is 1. The topological polar surface area (TPSA) is 41.1 Å². The summed E-state index contributed by atoms with van der Waals surface area (Å²) in [5.74, 6) is -0.0314. The number of amides is 1. The summed E-state index contributed by atoms with van der Waals surface area (Å²) in [7, 11) is 0. The largest absolute Gasteiger partial charge is 0.375 e. The van der Waals surface area contributed by atoms with Crippen LogP contribution in [-0.2, 0) is 4.79 Å². The predicted molar refractivity (Wildman–Crippen MR) is 72.7 cm³/mol. The zero-order chi connectivity index (χ0) is 13.0. The molecule has 1 aromatic carbocycles. The van der Waals surface area contributed by atoms with Crippen molar-refractivity contribution in [2.45, 2.75) is 33.7 Å². The van der Waals surface area contributed by atoms with Crippen LogP contribution in [0.25, 0.3) is 0 Å². The van der Waals surface area contributed by atoms with Gasteiger partial charge in [0.05, 0.1) is 17.3 Å². The van der Waals surface area contributed by atoms with Gasteiger partial charge in [0.25, 0.3) is 0 Å². The molecule has 0 saturated carbocycles. The fourth-order valence-corrected chi connectivity index (χ4v) is 2.07. The van der Waals surface area contributed by atoms with Crippen LogP contribution >= 0.6 is 11.6 Å². The summed E-state index contributed by atoms with van der Waals surface area (Å²) in [6, 6.07) is 4.07. The number of nitrogens with one attached hydrogen (secondary N) is 2. The highest BCUT2D eigenvalue weighted by Crippen LogP contribution is 2.26. The van der Waals surface area contributed by atoms with Crippen molar-refractivity contribution < 1.29 is 4.79 Å². The van der Waals surface area contributed by atoms with Crippen LogP contribution in [0.4, 0.5) is 5.69 Å².